The van der Waals surface area contributed by atoms with E-state index in [1.165, 1.54) is 0 Å². The van der Waals surface area contributed by atoms with Crippen molar-refractivity contribution in [3.8, 4) is 0 Å². The molecule has 1 N–H and O–H groups in total. The van der Waals surface area contributed by atoms with Crippen LogP contribution in [0.15, 0.2) is 18.6 Å². The minimum Gasteiger partial charge on any atom is -0.359 e. The molecule has 1 aliphatic heterocycles. The summed E-state index contributed by atoms with van der Waals surface area (Å²) in [6, 6.07) is 0. The van der Waals surface area contributed by atoms with Crippen LogP contribution in [0.5, 0.6) is 0 Å². The van der Waals surface area contributed by atoms with Crippen molar-refractivity contribution in [2.45, 2.75) is 19.1 Å². The van der Waals surface area contributed by atoms with Crippen molar-refractivity contribution in [3.63, 3.8) is 0 Å². The van der Waals surface area contributed by atoms with Crippen LogP contribution in [0.4, 0.5) is 5.82 Å². The molecule has 0 aromatic carbocycles. The second-order valence-electron chi connectivity index (χ2n) is 2.74. The lowest BCUT2D eigenvalue weighted by Crippen LogP contribution is -2.17. The van der Waals surface area contributed by atoms with E-state index >= 15 is 0 Å². The molecule has 1 aromatic rings. The Hall–Kier alpha value is -1.16. The molecule has 1 unspecified atom stereocenters. The molecule has 0 aliphatic carbocycles. The Kier molecular flexibility index (Phi) is 2.18. The first-order valence-corrected chi connectivity index (χ1v) is 4.09. The largest absolute Gasteiger partial charge is 0.359 e. The average molecular weight is 165 g/mol. The van der Waals surface area contributed by atoms with Gasteiger partial charge in [-0.2, -0.15) is 0 Å². The van der Waals surface area contributed by atoms with Crippen molar-refractivity contribution in [1.82, 2.24) is 9.97 Å². The van der Waals surface area contributed by atoms with Crippen molar-refractivity contribution in [1.29, 1.82) is 0 Å². The van der Waals surface area contributed by atoms with E-state index < -0.39 is 0 Å². The smallest absolute Gasteiger partial charge is 0.146 e. The second-order valence-corrected chi connectivity index (χ2v) is 2.74. The highest BCUT2D eigenvalue weighted by atomic mass is 16.5. The zero-order valence-corrected chi connectivity index (χ0v) is 6.73. The van der Waals surface area contributed by atoms with E-state index in [4.69, 9.17) is 4.74 Å². The first-order valence-electron chi connectivity index (χ1n) is 4.09. The van der Waals surface area contributed by atoms with Crippen molar-refractivity contribution in [2.75, 3.05) is 11.9 Å². The quantitative estimate of drug-likeness (QED) is 0.710. The van der Waals surface area contributed by atoms with Gasteiger partial charge in [0.25, 0.3) is 0 Å². The van der Waals surface area contributed by atoms with E-state index in [9.17, 15) is 0 Å². The Morgan fingerprint density at radius 3 is 3.17 bits per heavy atom. The maximum atomic E-state index is 5.38. The van der Waals surface area contributed by atoms with E-state index in [2.05, 4.69) is 15.3 Å². The van der Waals surface area contributed by atoms with Crippen molar-refractivity contribution < 1.29 is 4.74 Å². The molecule has 0 spiro atoms. The van der Waals surface area contributed by atoms with Gasteiger partial charge in [-0.1, -0.05) is 0 Å². The number of nitrogens with one attached hydrogen (secondary N) is 1. The average Bonchev–Trinajstić information content (AvgIpc) is 2.59. The molecule has 12 heavy (non-hydrogen) atoms. The summed E-state index contributed by atoms with van der Waals surface area (Å²) in [6.45, 7) is 0.845. The van der Waals surface area contributed by atoms with Gasteiger partial charge in [0, 0.05) is 19.0 Å². The third kappa shape index (κ3) is 1.71. The van der Waals surface area contributed by atoms with Crippen LogP contribution in [0, 0.1) is 0 Å². The Bertz CT molecular complexity index is 233. The van der Waals surface area contributed by atoms with Crippen LogP contribution in [0.25, 0.3) is 0 Å². The summed E-state index contributed by atoms with van der Waals surface area (Å²) in [5, 5.41) is 3.14. The summed E-state index contributed by atoms with van der Waals surface area (Å²) in [4.78, 5) is 8.03. The van der Waals surface area contributed by atoms with Crippen LogP contribution in [0.3, 0.4) is 0 Å². The molecule has 1 saturated heterocycles. The van der Waals surface area contributed by atoms with Crippen LogP contribution in [-0.4, -0.2) is 22.8 Å². The zero-order chi connectivity index (χ0) is 8.23. The molecule has 0 radical (unpaired) electrons. The fraction of sp³-hybridized carbons (Fsp3) is 0.500. The van der Waals surface area contributed by atoms with Gasteiger partial charge in [-0.05, 0) is 12.8 Å². The first kappa shape index (κ1) is 7.49. The summed E-state index contributed by atoms with van der Waals surface area (Å²) in [5.74, 6) is 0.782. The van der Waals surface area contributed by atoms with Crippen LogP contribution >= 0.6 is 0 Å². The van der Waals surface area contributed by atoms with Gasteiger partial charge in [0.15, 0.2) is 0 Å². The molecule has 4 heteroatoms. The molecule has 0 bridgehead atoms. The second kappa shape index (κ2) is 3.49. The third-order valence-corrected chi connectivity index (χ3v) is 1.80. The lowest BCUT2D eigenvalue weighted by atomic mass is 10.3. The van der Waals surface area contributed by atoms with Gasteiger partial charge in [-0.25, -0.2) is 4.98 Å². The number of hydrogen-bond acceptors (Lipinski definition) is 4. The molecule has 2 heterocycles. The molecule has 1 aromatic heterocycles. The van der Waals surface area contributed by atoms with Gasteiger partial charge in [0.05, 0.1) is 6.20 Å². The molecule has 4 nitrogen and oxygen atoms in total. The Morgan fingerprint density at radius 1 is 1.50 bits per heavy atom. The van der Waals surface area contributed by atoms with Gasteiger partial charge in [0.2, 0.25) is 0 Å². The predicted molar refractivity (Wildman–Crippen MR) is 44.6 cm³/mol. The monoisotopic (exact) mass is 165 g/mol. The molecule has 2 rings (SSSR count). The number of nitrogens with zero attached hydrogens (tertiary/aromatic N) is 2. The predicted octanol–water partition coefficient (Wildman–Crippen LogP) is 1.02. The van der Waals surface area contributed by atoms with Crippen LogP contribution in [0.1, 0.15) is 12.8 Å². The van der Waals surface area contributed by atoms with Crippen LogP contribution in [-0.2, 0) is 4.74 Å². The number of aromatic nitrogens is 2. The molecular formula is C8H11N3O. The van der Waals surface area contributed by atoms with Gasteiger partial charge in [-0.3, -0.25) is 4.98 Å². The van der Waals surface area contributed by atoms with Gasteiger partial charge in [0.1, 0.15) is 12.0 Å². The first-order chi connectivity index (χ1) is 5.95. The fourth-order valence-electron chi connectivity index (χ4n) is 1.23. The number of rotatable bonds is 2. The van der Waals surface area contributed by atoms with Crippen LogP contribution in [0.2, 0.25) is 0 Å². The van der Waals surface area contributed by atoms with Gasteiger partial charge < -0.3 is 10.1 Å². The molecule has 1 atom stereocenters. The number of ether oxygens (including phenoxy) is 1. The molecule has 1 aliphatic rings. The topological polar surface area (TPSA) is 47.0 Å². The van der Waals surface area contributed by atoms with E-state index in [1.807, 2.05) is 0 Å². The number of anilines is 1. The summed E-state index contributed by atoms with van der Waals surface area (Å²) in [6.07, 6.45) is 7.32. The van der Waals surface area contributed by atoms with Crippen LogP contribution < -0.4 is 5.32 Å². The summed E-state index contributed by atoms with van der Waals surface area (Å²) < 4.78 is 5.38. The molecule has 0 amide bonds. The maximum absolute atomic E-state index is 5.38. The maximum Gasteiger partial charge on any atom is 0.146 e. The zero-order valence-electron chi connectivity index (χ0n) is 6.73. The van der Waals surface area contributed by atoms with E-state index in [1.54, 1.807) is 18.6 Å². The fourth-order valence-corrected chi connectivity index (χ4v) is 1.23. The third-order valence-electron chi connectivity index (χ3n) is 1.80. The highest BCUT2D eigenvalue weighted by Gasteiger charge is 2.14. The normalized spacial score (nSPS) is 22.5. The minimum absolute atomic E-state index is 0.127. The van der Waals surface area contributed by atoms with E-state index in [0.29, 0.717) is 0 Å². The molecule has 64 valence electrons. The van der Waals surface area contributed by atoms with Crippen molar-refractivity contribution in [3.05, 3.63) is 18.6 Å². The molecule has 0 saturated carbocycles. The van der Waals surface area contributed by atoms with Crippen molar-refractivity contribution >= 4 is 5.82 Å². The number of hydrogen-bond donors (Lipinski definition) is 1. The Morgan fingerprint density at radius 2 is 2.50 bits per heavy atom. The lowest BCUT2D eigenvalue weighted by Gasteiger charge is -2.10. The highest BCUT2D eigenvalue weighted by molar-refractivity contribution is 5.30. The summed E-state index contributed by atoms with van der Waals surface area (Å²) in [5.41, 5.74) is 0. The minimum atomic E-state index is 0.127. The SMILES string of the molecule is c1cnc(NC2CCCO2)cn1. The van der Waals surface area contributed by atoms with Crippen molar-refractivity contribution in [2.24, 2.45) is 0 Å². The van der Waals surface area contributed by atoms with E-state index in [-0.39, 0.29) is 6.23 Å². The Balaban J connectivity index is 1.94. The van der Waals surface area contributed by atoms with Gasteiger partial charge >= 0.3 is 0 Å². The Labute approximate surface area is 71.0 Å². The standard InChI is InChI=1S/C8H11N3O/c1-2-8(12-5-1)11-7-6-9-3-4-10-7/h3-4,6,8H,1-2,5H2,(H,10,11). The summed E-state index contributed by atoms with van der Waals surface area (Å²) in [7, 11) is 0. The molecule has 1 fully saturated rings. The van der Waals surface area contributed by atoms with E-state index in [0.717, 1.165) is 25.3 Å². The summed E-state index contributed by atoms with van der Waals surface area (Å²) >= 11 is 0. The highest BCUT2D eigenvalue weighted by Crippen LogP contribution is 2.13. The lowest BCUT2D eigenvalue weighted by molar-refractivity contribution is 0.131. The van der Waals surface area contributed by atoms with Gasteiger partial charge in [-0.15, -0.1) is 0 Å². The molecular weight excluding hydrogens is 154 g/mol.